The van der Waals surface area contributed by atoms with E-state index in [1.807, 2.05) is 19.1 Å². The van der Waals surface area contributed by atoms with E-state index in [0.717, 1.165) is 17.6 Å². The number of hydrogen-bond acceptors (Lipinski definition) is 3. The summed E-state index contributed by atoms with van der Waals surface area (Å²) in [5.74, 6) is 0.802. The fourth-order valence-electron chi connectivity index (χ4n) is 1.44. The van der Waals surface area contributed by atoms with Crippen molar-refractivity contribution < 1.29 is 9.15 Å². The molecule has 0 amide bonds. The number of rotatable bonds is 3. The fourth-order valence-corrected chi connectivity index (χ4v) is 1.44. The predicted molar refractivity (Wildman–Crippen MR) is 62.9 cm³/mol. The maximum absolute atomic E-state index is 11.0. The molecule has 1 atom stereocenters. The molecule has 1 aromatic carbocycles. The van der Waals surface area contributed by atoms with E-state index in [9.17, 15) is 4.79 Å². The molecule has 3 nitrogen and oxygen atoms in total. The van der Waals surface area contributed by atoms with E-state index in [0.29, 0.717) is 5.58 Å². The van der Waals surface area contributed by atoms with Crippen LogP contribution in [-0.2, 0) is 0 Å². The third-order valence-electron chi connectivity index (χ3n) is 2.50. The molecular weight excluding hydrogens is 204 g/mol. The molecule has 1 aromatic heterocycles. The minimum atomic E-state index is -0.330. The van der Waals surface area contributed by atoms with Crippen LogP contribution < -0.4 is 10.4 Å². The van der Waals surface area contributed by atoms with Crippen LogP contribution in [0.2, 0.25) is 0 Å². The van der Waals surface area contributed by atoms with Crippen molar-refractivity contribution in [3.8, 4) is 5.75 Å². The molecule has 0 radical (unpaired) electrons. The lowest BCUT2D eigenvalue weighted by atomic mass is 10.2. The molecule has 0 saturated carbocycles. The maximum Gasteiger partial charge on any atom is 0.336 e. The molecule has 0 fully saturated rings. The van der Waals surface area contributed by atoms with Gasteiger partial charge in [0.05, 0.1) is 6.10 Å². The van der Waals surface area contributed by atoms with E-state index in [1.165, 1.54) is 6.07 Å². The second kappa shape index (κ2) is 4.39. The Bertz CT molecular complexity index is 542. The Labute approximate surface area is 93.7 Å². The smallest absolute Gasteiger partial charge is 0.336 e. The normalized spacial score (nSPS) is 12.6. The van der Waals surface area contributed by atoms with Gasteiger partial charge in [0.1, 0.15) is 11.3 Å². The van der Waals surface area contributed by atoms with Crippen LogP contribution in [0.25, 0.3) is 11.0 Å². The minimum absolute atomic E-state index is 0.188. The Morgan fingerprint density at radius 1 is 1.31 bits per heavy atom. The van der Waals surface area contributed by atoms with Gasteiger partial charge in [-0.3, -0.25) is 0 Å². The van der Waals surface area contributed by atoms with E-state index in [2.05, 4.69) is 6.92 Å². The maximum atomic E-state index is 11.0. The molecule has 0 N–H and O–H groups in total. The Hall–Kier alpha value is -1.77. The van der Waals surface area contributed by atoms with Gasteiger partial charge in [0, 0.05) is 11.5 Å². The average Bonchev–Trinajstić information content (AvgIpc) is 2.29. The van der Waals surface area contributed by atoms with E-state index in [-0.39, 0.29) is 11.7 Å². The Morgan fingerprint density at radius 3 is 2.88 bits per heavy atom. The van der Waals surface area contributed by atoms with Crippen LogP contribution in [-0.4, -0.2) is 6.10 Å². The lowest BCUT2D eigenvalue weighted by Crippen LogP contribution is -2.09. The molecule has 84 valence electrons. The number of ether oxygens (including phenoxy) is 1. The van der Waals surface area contributed by atoms with Gasteiger partial charge in [0.25, 0.3) is 0 Å². The minimum Gasteiger partial charge on any atom is -0.491 e. The Balaban J connectivity index is 2.37. The van der Waals surface area contributed by atoms with Crippen LogP contribution in [0.5, 0.6) is 5.75 Å². The summed E-state index contributed by atoms with van der Waals surface area (Å²) in [7, 11) is 0. The Kier molecular flexibility index (Phi) is 2.95. The highest BCUT2D eigenvalue weighted by atomic mass is 16.5. The molecule has 0 bridgehead atoms. The third-order valence-corrected chi connectivity index (χ3v) is 2.50. The van der Waals surface area contributed by atoms with Gasteiger partial charge in [-0.2, -0.15) is 0 Å². The highest BCUT2D eigenvalue weighted by molar-refractivity contribution is 5.77. The van der Waals surface area contributed by atoms with E-state index in [1.54, 1.807) is 12.1 Å². The zero-order valence-corrected chi connectivity index (χ0v) is 9.40. The molecule has 3 heteroatoms. The molecule has 2 aromatic rings. The van der Waals surface area contributed by atoms with Gasteiger partial charge in [-0.05, 0) is 37.6 Å². The van der Waals surface area contributed by atoms with Crippen molar-refractivity contribution in [1.82, 2.24) is 0 Å². The van der Waals surface area contributed by atoms with Crippen LogP contribution in [0.15, 0.2) is 39.5 Å². The van der Waals surface area contributed by atoms with Gasteiger partial charge in [-0.15, -0.1) is 0 Å². The van der Waals surface area contributed by atoms with Crippen LogP contribution in [0.4, 0.5) is 0 Å². The molecule has 16 heavy (non-hydrogen) atoms. The second-order valence-electron chi connectivity index (χ2n) is 3.79. The van der Waals surface area contributed by atoms with E-state index >= 15 is 0 Å². The molecule has 1 heterocycles. The van der Waals surface area contributed by atoms with E-state index < -0.39 is 0 Å². The van der Waals surface area contributed by atoms with Crippen molar-refractivity contribution in [1.29, 1.82) is 0 Å². The first-order valence-corrected chi connectivity index (χ1v) is 5.39. The van der Waals surface area contributed by atoms with Crippen molar-refractivity contribution in [2.24, 2.45) is 0 Å². The van der Waals surface area contributed by atoms with Crippen LogP contribution in [0.3, 0.4) is 0 Å². The highest BCUT2D eigenvalue weighted by Crippen LogP contribution is 2.20. The average molecular weight is 218 g/mol. The second-order valence-corrected chi connectivity index (χ2v) is 3.79. The summed E-state index contributed by atoms with van der Waals surface area (Å²) in [6.07, 6.45) is 1.15. The molecule has 2 rings (SSSR count). The molecule has 0 aliphatic heterocycles. The molecule has 0 spiro atoms. The topological polar surface area (TPSA) is 39.4 Å². The van der Waals surface area contributed by atoms with Gasteiger partial charge in [0.15, 0.2) is 0 Å². The molecule has 0 aliphatic rings. The monoisotopic (exact) mass is 218 g/mol. The summed E-state index contributed by atoms with van der Waals surface area (Å²) in [4.78, 5) is 11.0. The summed E-state index contributed by atoms with van der Waals surface area (Å²) >= 11 is 0. The van der Waals surface area contributed by atoms with Crippen molar-refractivity contribution in [2.75, 3.05) is 0 Å². The van der Waals surface area contributed by atoms with Gasteiger partial charge in [-0.25, -0.2) is 4.79 Å². The molecule has 0 saturated heterocycles. The quantitative estimate of drug-likeness (QED) is 0.743. The van der Waals surface area contributed by atoms with Crippen molar-refractivity contribution in [3.05, 3.63) is 40.8 Å². The first-order valence-electron chi connectivity index (χ1n) is 5.39. The summed E-state index contributed by atoms with van der Waals surface area (Å²) in [6, 6.07) is 8.61. The number of benzene rings is 1. The number of fused-ring (bicyclic) bond motifs is 1. The van der Waals surface area contributed by atoms with Crippen molar-refractivity contribution in [3.63, 3.8) is 0 Å². The van der Waals surface area contributed by atoms with Gasteiger partial charge >= 0.3 is 5.63 Å². The largest absolute Gasteiger partial charge is 0.491 e. The SMILES string of the molecule is CCC(C)Oc1ccc2oc(=O)ccc2c1. The summed E-state index contributed by atoms with van der Waals surface area (Å²) in [5, 5.41) is 0.875. The molecule has 1 unspecified atom stereocenters. The lowest BCUT2D eigenvalue weighted by molar-refractivity contribution is 0.217. The molecular formula is C13H14O3. The van der Waals surface area contributed by atoms with Gasteiger partial charge in [-0.1, -0.05) is 6.92 Å². The Morgan fingerprint density at radius 2 is 2.12 bits per heavy atom. The predicted octanol–water partition coefficient (Wildman–Crippen LogP) is 2.97. The van der Waals surface area contributed by atoms with Crippen LogP contribution in [0, 0.1) is 0 Å². The van der Waals surface area contributed by atoms with Gasteiger partial charge < -0.3 is 9.15 Å². The molecule has 0 aliphatic carbocycles. The van der Waals surface area contributed by atoms with Crippen LogP contribution >= 0.6 is 0 Å². The fraction of sp³-hybridized carbons (Fsp3) is 0.308. The van der Waals surface area contributed by atoms with Gasteiger partial charge in [0.2, 0.25) is 0 Å². The first kappa shape index (κ1) is 10.7. The highest BCUT2D eigenvalue weighted by Gasteiger charge is 2.03. The van der Waals surface area contributed by atoms with Crippen molar-refractivity contribution in [2.45, 2.75) is 26.4 Å². The summed E-state index contributed by atoms with van der Waals surface area (Å²) in [6.45, 7) is 4.10. The van der Waals surface area contributed by atoms with Crippen molar-refractivity contribution >= 4 is 11.0 Å². The lowest BCUT2D eigenvalue weighted by Gasteiger charge is -2.12. The zero-order chi connectivity index (χ0) is 11.5. The summed E-state index contributed by atoms with van der Waals surface area (Å²) in [5.41, 5.74) is 0.257. The summed E-state index contributed by atoms with van der Waals surface area (Å²) < 4.78 is 10.7. The van der Waals surface area contributed by atoms with E-state index in [4.69, 9.17) is 9.15 Å². The van der Waals surface area contributed by atoms with Crippen LogP contribution in [0.1, 0.15) is 20.3 Å². The standard InChI is InChI=1S/C13H14O3/c1-3-9(2)15-11-5-6-12-10(8-11)4-7-13(14)16-12/h4-9H,3H2,1-2H3. The third kappa shape index (κ3) is 2.24. The number of hydrogen-bond donors (Lipinski definition) is 0. The zero-order valence-electron chi connectivity index (χ0n) is 9.40. The first-order chi connectivity index (χ1) is 7.69.